The maximum Gasteiger partial charge on any atom is 0.327 e. The van der Waals surface area contributed by atoms with E-state index in [4.69, 9.17) is 5.73 Å². The van der Waals surface area contributed by atoms with Gasteiger partial charge in [-0.25, -0.2) is 4.79 Å². The standard InChI is InChI=1S/C18H22N4O4/c1-21-17(26)22(16(25)18(21)9-3-2-4-10-18)11-14(23)20-13-7-5-12(6-8-13)15(19)24/h5-8H,2-4,9-11H2,1H3,(H2,19,24)(H,20,23). The average Bonchev–Trinajstić information content (AvgIpc) is 2.79. The van der Waals surface area contributed by atoms with E-state index in [9.17, 15) is 19.2 Å². The number of imide groups is 1. The Morgan fingerprint density at radius 2 is 1.73 bits per heavy atom. The van der Waals surface area contributed by atoms with Crippen LogP contribution in [0.25, 0.3) is 0 Å². The number of anilines is 1. The van der Waals surface area contributed by atoms with E-state index in [0.29, 0.717) is 24.1 Å². The van der Waals surface area contributed by atoms with E-state index in [0.717, 1.165) is 24.2 Å². The van der Waals surface area contributed by atoms with Gasteiger partial charge in [0.25, 0.3) is 5.91 Å². The number of benzene rings is 1. The van der Waals surface area contributed by atoms with Crippen LogP contribution in [-0.4, -0.2) is 52.7 Å². The number of nitrogens with two attached hydrogens (primary N) is 1. The Bertz CT molecular complexity index is 753. The van der Waals surface area contributed by atoms with Gasteiger partial charge in [0.1, 0.15) is 12.1 Å². The summed E-state index contributed by atoms with van der Waals surface area (Å²) in [6, 6.07) is 5.64. The summed E-state index contributed by atoms with van der Waals surface area (Å²) in [6.07, 6.45) is 4.13. The Labute approximate surface area is 151 Å². The van der Waals surface area contributed by atoms with Crippen LogP contribution in [0.15, 0.2) is 24.3 Å². The van der Waals surface area contributed by atoms with Gasteiger partial charge >= 0.3 is 6.03 Å². The topological polar surface area (TPSA) is 113 Å². The second-order valence-electron chi connectivity index (χ2n) is 6.81. The minimum Gasteiger partial charge on any atom is -0.366 e. The average molecular weight is 358 g/mol. The quantitative estimate of drug-likeness (QED) is 0.790. The van der Waals surface area contributed by atoms with E-state index in [1.165, 1.54) is 17.0 Å². The van der Waals surface area contributed by atoms with Crippen molar-refractivity contribution in [1.82, 2.24) is 9.80 Å². The van der Waals surface area contributed by atoms with E-state index in [-0.39, 0.29) is 12.5 Å². The fraction of sp³-hybridized carbons (Fsp3) is 0.444. The molecule has 2 fully saturated rings. The first kappa shape index (κ1) is 17.9. The van der Waals surface area contributed by atoms with Crippen molar-refractivity contribution in [3.63, 3.8) is 0 Å². The largest absolute Gasteiger partial charge is 0.366 e. The molecule has 1 aromatic carbocycles. The highest BCUT2D eigenvalue weighted by Gasteiger charge is 2.55. The molecule has 1 aromatic rings. The van der Waals surface area contributed by atoms with Gasteiger partial charge in [-0.15, -0.1) is 0 Å². The van der Waals surface area contributed by atoms with Crippen LogP contribution in [0.1, 0.15) is 42.5 Å². The maximum atomic E-state index is 12.8. The van der Waals surface area contributed by atoms with Gasteiger partial charge in [-0.05, 0) is 37.1 Å². The van der Waals surface area contributed by atoms with Crippen molar-refractivity contribution >= 4 is 29.4 Å². The zero-order valence-corrected chi connectivity index (χ0v) is 14.7. The monoisotopic (exact) mass is 358 g/mol. The Morgan fingerprint density at radius 1 is 1.12 bits per heavy atom. The van der Waals surface area contributed by atoms with Gasteiger partial charge < -0.3 is 16.0 Å². The minimum absolute atomic E-state index is 0.288. The molecule has 2 aliphatic rings. The van der Waals surface area contributed by atoms with Gasteiger partial charge in [0, 0.05) is 18.3 Å². The van der Waals surface area contributed by atoms with E-state index < -0.39 is 23.4 Å². The van der Waals surface area contributed by atoms with E-state index in [1.54, 1.807) is 19.2 Å². The molecule has 0 bridgehead atoms. The summed E-state index contributed by atoms with van der Waals surface area (Å²) in [6.45, 7) is -0.332. The lowest BCUT2D eigenvalue weighted by molar-refractivity contribution is -0.136. The number of hydrogen-bond donors (Lipinski definition) is 2. The number of likely N-dealkylation sites (N-methyl/N-ethyl adjacent to an activating group) is 1. The highest BCUT2D eigenvalue weighted by Crippen LogP contribution is 2.39. The Morgan fingerprint density at radius 3 is 2.31 bits per heavy atom. The molecule has 5 amide bonds. The molecule has 1 aliphatic carbocycles. The first-order valence-corrected chi connectivity index (χ1v) is 8.65. The minimum atomic E-state index is -0.793. The second kappa shape index (κ2) is 6.78. The van der Waals surface area contributed by atoms with E-state index >= 15 is 0 Å². The van der Waals surface area contributed by atoms with Gasteiger partial charge in [0.2, 0.25) is 11.8 Å². The van der Waals surface area contributed by atoms with Crippen LogP contribution in [0.3, 0.4) is 0 Å². The summed E-state index contributed by atoms with van der Waals surface area (Å²) in [7, 11) is 1.63. The van der Waals surface area contributed by atoms with Crippen LogP contribution >= 0.6 is 0 Å². The van der Waals surface area contributed by atoms with Gasteiger partial charge in [-0.1, -0.05) is 19.3 Å². The zero-order valence-electron chi connectivity index (χ0n) is 14.7. The lowest BCUT2D eigenvalue weighted by atomic mass is 9.81. The summed E-state index contributed by atoms with van der Waals surface area (Å²) < 4.78 is 0. The lowest BCUT2D eigenvalue weighted by Gasteiger charge is -2.35. The lowest BCUT2D eigenvalue weighted by Crippen LogP contribution is -2.49. The third-order valence-corrected chi connectivity index (χ3v) is 5.24. The first-order chi connectivity index (χ1) is 12.3. The van der Waals surface area contributed by atoms with Gasteiger partial charge in [0.15, 0.2) is 0 Å². The van der Waals surface area contributed by atoms with Crippen molar-refractivity contribution in [3.8, 4) is 0 Å². The molecule has 3 rings (SSSR count). The highest BCUT2D eigenvalue weighted by atomic mass is 16.2. The van der Waals surface area contributed by atoms with Crippen molar-refractivity contribution in [1.29, 1.82) is 0 Å². The summed E-state index contributed by atoms with van der Waals surface area (Å²) in [5, 5.41) is 2.63. The smallest absolute Gasteiger partial charge is 0.327 e. The molecule has 1 spiro atoms. The summed E-state index contributed by atoms with van der Waals surface area (Å²) in [4.78, 5) is 51.2. The molecule has 1 aliphatic heterocycles. The van der Waals surface area contributed by atoms with Crippen molar-refractivity contribution < 1.29 is 19.2 Å². The molecule has 0 radical (unpaired) electrons. The molecule has 3 N–H and O–H groups in total. The number of amides is 5. The van der Waals surface area contributed by atoms with Gasteiger partial charge in [0.05, 0.1) is 0 Å². The van der Waals surface area contributed by atoms with Crippen LogP contribution in [0.2, 0.25) is 0 Å². The second-order valence-corrected chi connectivity index (χ2v) is 6.81. The molecule has 1 saturated carbocycles. The molecule has 0 unspecified atom stereocenters. The number of hydrogen-bond acceptors (Lipinski definition) is 4. The number of urea groups is 1. The fourth-order valence-electron chi connectivity index (χ4n) is 3.73. The first-order valence-electron chi connectivity index (χ1n) is 8.65. The van der Waals surface area contributed by atoms with Crippen LogP contribution in [0, 0.1) is 0 Å². The number of primary amides is 1. The number of rotatable bonds is 4. The third kappa shape index (κ3) is 3.02. The fourth-order valence-corrected chi connectivity index (χ4v) is 3.73. The van der Waals surface area contributed by atoms with Crippen molar-refractivity contribution in [2.24, 2.45) is 5.73 Å². The van der Waals surface area contributed by atoms with Crippen LogP contribution in [-0.2, 0) is 9.59 Å². The van der Waals surface area contributed by atoms with E-state index in [2.05, 4.69) is 5.32 Å². The summed E-state index contributed by atoms with van der Waals surface area (Å²) >= 11 is 0. The van der Waals surface area contributed by atoms with Gasteiger partial charge in [-0.2, -0.15) is 0 Å². The molecule has 8 nitrogen and oxygen atoms in total. The number of carbonyl (C=O) groups excluding carboxylic acids is 4. The molecule has 138 valence electrons. The Balaban J connectivity index is 1.68. The van der Waals surface area contributed by atoms with Gasteiger partial charge in [-0.3, -0.25) is 19.3 Å². The summed E-state index contributed by atoms with van der Waals surface area (Å²) in [5.74, 6) is -1.32. The summed E-state index contributed by atoms with van der Waals surface area (Å²) in [5.41, 5.74) is 5.17. The molecule has 0 aromatic heterocycles. The SMILES string of the molecule is CN1C(=O)N(CC(=O)Nc2ccc(C(N)=O)cc2)C(=O)C12CCCCC2. The van der Waals surface area contributed by atoms with Crippen molar-refractivity contribution in [3.05, 3.63) is 29.8 Å². The van der Waals surface area contributed by atoms with Crippen LogP contribution in [0.4, 0.5) is 10.5 Å². The molecule has 1 saturated heterocycles. The van der Waals surface area contributed by atoms with E-state index in [1.807, 2.05) is 0 Å². The number of nitrogens with one attached hydrogen (secondary N) is 1. The maximum absolute atomic E-state index is 12.8. The Hall–Kier alpha value is -2.90. The predicted octanol–water partition coefficient (Wildman–Crippen LogP) is 1.32. The van der Waals surface area contributed by atoms with Crippen molar-refractivity contribution in [2.75, 3.05) is 18.9 Å². The molecular formula is C18H22N4O4. The molecular weight excluding hydrogens is 336 g/mol. The molecule has 0 atom stereocenters. The highest BCUT2D eigenvalue weighted by molar-refractivity contribution is 6.10. The zero-order chi connectivity index (χ0) is 18.9. The molecule has 8 heteroatoms. The molecule has 26 heavy (non-hydrogen) atoms. The Kier molecular flexibility index (Phi) is 4.67. The number of carbonyl (C=O) groups is 4. The normalized spacial score (nSPS) is 19.1. The predicted molar refractivity (Wildman–Crippen MR) is 94.3 cm³/mol. The molecule has 1 heterocycles. The van der Waals surface area contributed by atoms with Crippen LogP contribution < -0.4 is 11.1 Å². The van der Waals surface area contributed by atoms with Crippen LogP contribution in [0.5, 0.6) is 0 Å². The third-order valence-electron chi connectivity index (χ3n) is 5.24. The van der Waals surface area contributed by atoms with Crippen molar-refractivity contribution in [2.45, 2.75) is 37.6 Å². The number of nitrogens with zero attached hydrogens (tertiary/aromatic N) is 2.